The van der Waals surface area contributed by atoms with Gasteiger partial charge in [0, 0.05) is 23.0 Å². The topological polar surface area (TPSA) is 63.7 Å². The number of amides is 1. The van der Waals surface area contributed by atoms with Crippen LogP contribution in [0.25, 0.3) is 0 Å². The number of rotatable bonds is 5. The van der Waals surface area contributed by atoms with Crippen LogP contribution in [-0.4, -0.2) is 25.1 Å². The van der Waals surface area contributed by atoms with Gasteiger partial charge in [0.2, 0.25) is 0 Å². The molecule has 4 rings (SSSR count). The van der Waals surface area contributed by atoms with Gasteiger partial charge in [-0.1, -0.05) is 17.7 Å². The first-order valence-electron chi connectivity index (χ1n) is 8.65. The number of ether oxygens (including phenoxy) is 2. The number of halogens is 1. The van der Waals surface area contributed by atoms with Crippen molar-refractivity contribution in [1.29, 1.82) is 0 Å². The Morgan fingerprint density at radius 3 is 2.68 bits per heavy atom. The number of fused-ring (bicyclic) bond motifs is 1. The Hall–Kier alpha value is -3.25. The van der Waals surface area contributed by atoms with E-state index in [4.69, 9.17) is 21.1 Å². The first kappa shape index (κ1) is 18.1. The van der Waals surface area contributed by atoms with E-state index >= 15 is 0 Å². The molecule has 3 aromatic rings. The van der Waals surface area contributed by atoms with E-state index in [1.807, 2.05) is 12.1 Å². The van der Waals surface area contributed by atoms with Crippen LogP contribution in [0.1, 0.15) is 22.2 Å². The Morgan fingerprint density at radius 1 is 1.07 bits per heavy atom. The Morgan fingerprint density at radius 2 is 1.93 bits per heavy atom. The quantitative estimate of drug-likeness (QED) is 0.688. The van der Waals surface area contributed by atoms with Gasteiger partial charge in [-0.3, -0.25) is 14.7 Å². The number of carbonyl (C=O) groups is 1. The van der Waals surface area contributed by atoms with Crippen LogP contribution in [0.15, 0.2) is 60.8 Å². The van der Waals surface area contributed by atoms with Gasteiger partial charge in [0.1, 0.15) is 11.5 Å². The maximum atomic E-state index is 13.3. The van der Waals surface area contributed by atoms with Crippen LogP contribution in [0.5, 0.6) is 11.5 Å². The van der Waals surface area contributed by atoms with E-state index in [0.29, 0.717) is 33.5 Å². The molecule has 2 heterocycles. The lowest BCUT2D eigenvalue weighted by Crippen LogP contribution is -2.32. The van der Waals surface area contributed by atoms with Crippen molar-refractivity contribution in [2.45, 2.75) is 6.17 Å². The third kappa shape index (κ3) is 3.12. The summed E-state index contributed by atoms with van der Waals surface area (Å²) in [6.45, 7) is 0. The third-order valence-electron chi connectivity index (χ3n) is 4.58. The number of hydrogen-bond donors (Lipinski definition) is 1. The fourth-order valence-corrected chi connectivity index (χ4v) is 3.48. The fourth-order valence-electron chi connectivity index (χ4n) is 3.29. The van der Waals surface area contributed by atoms with E-state index in [0.717, 1.165) is 5.69 Å². The molecule has 6 nitrogen and oxygen atoms in total. The molecule has 1 atom stereocenters. The molecule has 0 spiro atoms. The monoisotopic (exact) mass is 395 g/mol. The highest BCUT2D eigenvalue weighted by molar-refractivity contribution is 6.30. The van der Waals surface area contributed by atoms with Crippen molar-refractivity contribution in [1.82, 2.24) is 4.98 Å². The molecule has 1 aliphatic rings. The maximum Gasteiger partial charge on any atom is 0.262 e. The number of methoxy groups -OCH3 is 2. The second kappa shape index (κ2) is 7.40. The molecule has 1 unspecified atom stereocenters. The first-order valence-corrected chi connectivity index (χ1v) is 9.03. The normalized spacial score (nSPS) is 15.3. The van der Waals surface area contributed by atoms with Crippen molar-refractivity contribution in [2.24, 2.45) is 0 Å². The second-order valence-corrected chi connectivity index (χ2v) is 6.64. The van der Waals surface area contributed by atoms with Crippen LogP contribution in [0.4, 0.5) is 11.4 Å². The number of carbonyl (C=O) groups excluding carboxylic acids is 1. The molecule has 1 N–H and O–H groups in total. The molecule has 0 saturated carbocycles. The molecular formula is C21H18ClN3O3. The summed E-state index contributed by atoms with van der Waals surface area (Å²) in [6.07, 6.45) is 1.15. The lowest BCUT2D eigenvalue weighted by molar-refractivity contribution is 0.0992. The Bertz CT molecular complexity index is 1040. The number of benzene rings is 2. The Kier molecular flexibility index (Phi) is 4.79. The van der Waals surface area contributed by atoms with E-state index in [1.165, 1.54) is 0 Å². The summed E-state index contributed by atoms with van der Waals surface area (Å²) in [5.41, 5.74) is 2.53. The summed E-state index contributed by atoms with van der Waals surface area (Å²) < 4.78 is 10.9. The Balaban J connectivity index is 1.84. The molecule has 7 heteroatoms. The molecule has 0 bridgehead atoms. The zero-order valence-corrected chi connectivity index (χ0v) is 16.1. The third-order valence-corrected chi connectivity index (χ3v) is 4.81. The number of aromatic nitrogens is 1. The highest BCUT2D eigenvalue weighted by Gasteiger charge is 2.40. The number of anilines is 2. The van der Waals surface area contributed by atoms with Gasteiger partial charge >= 0.3 is 0 Å². The minimum absolute atomic E-state index is 0.172. The van der Waals surface area contributed by atoms with Gasteiger partial charge in [-0.15, -0.1) is 0 Å². The van der Waals surface area contributed by atoms with Crippen molar-refractivity contribution in [3.63, 3.8) is 0 Å². The lowest BCUT2D eigenvalue weighted by Gasteiger charge is -2.28. The molecule has 1 aromatic heterocycles. The molecule has 142 valence electrons. The highest BCUT2D eigenvalue weighted by atomic mass is 35.5. The second-order valence-electron chi connectivity index (χ2n) is 6.21. The molecule has 2 aromatic carbocycles. The largest absolute Gasteiger partial charge is 0.497 e. The molecule has 0 saturated heterocycles. The van der Waals surface area contributed by atoms with Crippen LogP contribution < -0.4 is 19.7 Å². The molecule has 28 heavy (non-hydrogen) atoms. The van der Waals surface area contributed by atoms with Crippen molar-refractivity contribution >= 4 is 28.9 Å². The molecule has 0 radical (unpaired) electrons. The fraction of sp³-hybridized carbons (Fsp3) is 0.143. The van der Waals surface area contributed by atoms with Crippen molar-refractivity contribution in [3.05, 3.63) is 77.1 Å². The van der Waals surface area contributed by atoms with Crippen LogP contribution in [0, 0.1) is 0 Å². The minimum Gasteiger partial charge on any atom is -0.497 e. The van der Waals surface area contributed by atoms with Crippen LogP contribution in [-0.2, 0) is 0 Å². The lowest BCUT2D eigenvalue weighted by atomic mass is 10.2. The van der Waals surface area contributed by atoms with Gasteiger partial charge < -0.3 is 14.8 Å². The maximum absolute atomic E-state index is 13.3. The van der Waals surface area contributed by atoms with E-state index < -0.39 is 6.17 Å². The van der Waals surface area contributed by atoms with E-state index in [2.05, 4.69) is 10.3 Å². The predicted octanol–water partition coefficient (Wildman–Crippen LogP) is 4.52. The van der Waals surface area contributed by atoms with Crippen LogP contribution >= 0.6 is 11.6 Å². The number of pyridine rings is 1. The summed E-state index contributed by atoms with van der Waals surface area (Å²) in [4.78, 5) is 19.3. The molecule has 0 fully saturated rings. The SMILES string of the molecule is COc1ccc(OC)c(N2C(=O)c3cccnc3C2Nc2cccc(Cl)c2)c1. The summed E-state index contributed by atoms with van der Waals surface area (Å²) in [5, 5.41) is 3.97. The zero-order valence-electron chi connectivity index (χ0n) is 15.3. The van der Waals surface area contributed by atoms with Gasteiger partial charge in [-0.25, -0.2) is 0 Å². The highest BCUT2D eigenvalue weighted by Crippen LogP contribution is 2.42. The number of nitrogens with zero attached hydrogens (tertiary/aromatic N) is 2. The van der Waals surface area contributed by atoms with Crippen molar-refractivity contribution in [2.75, 3.05) is 24.4 Å². The van der Waals surface area contributed by atoms with Gasteiger partial charge in [0.05, 0.1) is 31.2 Å². The average Bonchev–Trinajstić information content (AvgIpc) is 2.99. The van der Waals surface area contributed by atoms with Crippen molar-refractivity contribution < 1.29 is 14.3 Å². The van der Waals surface area contributed by atoms with Crippen molar-refractivity contribution in [3.8, 4) is 11.5 Å². The summed E-state index contributed by atoms with van der Waals surface area (Å²) >= 11 is 6.13. The molecule has 1 amide bonds. The molecular weight excluding hydrogens is 378 g/mol. The van der Waals surface area contributed by atoms with Crippen LogP contribution in [0.3, 0.4) is 0 Å². The summed E-state index contributed by atoms with van der Waals surface area (Å²) in [7, 11) is 3.14. The Labute approximate surface area is 167 Å². The zero-order chi connectivity index (χ0) is 19.7. The van der Waals surface area contributed by atoms with E-state index in [-0.39, 0.29) is 5.91 Å². The van der Waals surface area contributed by atoms with Gasteiger partial charge in [0.25, 0.3) is 5.91 Å². The van der Waals surface area contributed by atoms with E-state index in [1.54, 1.807) is 67.8 Å². The smallest absolute Gasteiger partial charge is 0.262 e. The summed E-state index contributed by atoms with van der Waals surface area (Å²) in [6, 6.07) is 16.2. The van der Waals surface area contributed by atoms with E-state index in [9.17, 15) is 4.79 Å². The molecule has 0 aliphatic carbocycles. The molecule has 1 aliphatic heterocycles. The number of hydrogen-bond acceptors (Lipinski definition) is 5. The standard InChI is InChI=1S/C21H18ClN3O3/c1-27-15-8-9-18(28-2)17(12-15)25-20(24-14-6-3-5-13(22)11-14)19-16(21(25)26)7-4-10-23-19/h3-12,20,24H,1-2H3. The van der Waals surface area contributed by atoms with Gasteiger partial charge in [-0.05, 0) is 42.5 Å². The number of nitrogens with one attached hydrogen (secondary N) is 1. The van der Waals surface area contributed by atoms with Crippen LogP contribution in [0.2, 0.25) is 5.02 Å². The first-order chi connectivity index (χ1) is 13.6. The summed E-state index contributed by atoms with van der Waals surface area (Å²) in [5.74, 6) is 1.00. The average molecular weight is 396 g/mol. The van der Waals surface area contributed by atoms with Gasteiger partial charge in [-0.2, -0.15) is 0 Å². The predicted molar refractivity (Wildman–Crippen MR) is 108 cm³/mol. The van der Waals surface area contributed by atoms with Gasteiger partial charge in [0.15, 0.2) is 6.17 Å². The minimum atomic E-state index is -0.525.